The van der Waals surface area contributed by atoms with Crippen molar-refractivity contribution < 1.29 is 4.79 Å². The lowest BCUT2D eigenvalue weighted by molar-refractivity contribution is -0.122. The molecule has 2 heterocycles. The van der Waals surface area contributed by atoms with E-state index in [1.807, 2.05) is 12.1 Å². The second-order valence-electron chi connectivity index (χ2n) is 6.33. The molecule has 1 aliphatic carbocycles. The molecule has 7 nitrogen and oxygen atoms in total. The second kappa shape index (κ2) is 7.42. The number of nitrogens with one attached hydrogen (secondary N) is 1. The summed E-state index contributed by atoms with van der Waals surface area (Å²) >= 11 is 0. The second-order valence-corrected chi connectivity index (χ2v) is 6.33. The van der Waals surface area contributed by atoms with Crippen molar-refractivity contribution >= 4 is 5.91 Å². The first-order chi connectivity index (χ1) is 11.6. The lowest BCUT2D eigenvalue weighted by Gasteiger charge is -2.09. The Morgan fingerprint density at radius 2 is 2.17 bits per heavy atom. The van der Waals surface area contributed by atoms with Gasteiger partial charge in [-0.3, -0.25) is 14.3 Å². The van der Waals surface area contributed by atoms with Gasteiger partial charge in [0.15, 0.2) is 5.82 Å². The first kappa shape index (κ1) is 16.4. The molecule has 7 heteroatoms. The van der Waals surface area contributed by atoms with E-state index in [9.17, 15) is 9.59 Å². The molecule has 0 saturated heterocycles. The van der Waals surface area contributed by atoms with Crippen LogP contribution in [0.25, 0.3) is 11.4 Å². The molecule has 1 amide bonds. The molecule has 0 aromatic carbocycles. The van der Waals surface area contributed by atoms with Crippen LogP contribution in [0.5, 0.6) is 0 Å². The molecular formula is C17H23N5O2. The van der Waals surface area contributed by atoms with Crippen LogP contribution >= 0.6 is 0 Å². The fraction of sp³-hybridized carbons (Fsp3) is 0.529. The summed E-state index contributed by atoms with van der Waals surface area (Å²) in [5.74, 6) is 1.17. The third-order valence-electron chi connectivity index (χ3n) is 4.56. The van der Waals surface area contributed by atoms with Crippen LogP contribution in [0, 0.1) is 5.92 Å². The highest BCUT2D eigenvalue weighted by atomic mass is 16.2. The van der Waals surface area contributed by atoms with Gasteiger partial charge in [0.1, 0.15) is 0 Å². The maximum atomic E-state index is 12.2. The predicted molar refractivity (Wildman–Crippen MR) is 90.3 cm³/mol. The van der Waals surface area contributed by atoms with Gasteiger partial charge in [-0.15, -0.1) is 5.10 Å². The van der Waals surface area contributed by atoms with E-state index in [2.05, 4.69) is 15.4 Å². The van der Waals surface area contributed by atoms with E-state index in [1.54, 1.807) is 19.4 Å². The van der Waals surface area contributed by atoms with Crippen molar-refractivity contribution in [2.75, 3.05) is 6.54 Å². The normalized spacial score (nSPS) is 14.9. The number of rotatable bonds is 6. The zero-order valence-electron chi connectivity index (χ0n) is 13.9. The van der Waals surface area contributed by atoms with Gasteiger partial charge in [0.25, 0.3) is 0 Å². The maximum Gasteiger partial charge on any atom is 0.345 e. The maximum absolute atomic E-state index is 12.2. The lowest BCUT2D eigenvalue weighted by Crippen LogP contribution is -2.32. The highest BCUT2D eigenvalue weighted by Crippen LogP contribution is 2.27. The smallest absolute Gasteiger partial charge is 0.345 e. The van der Waals surface area contributed by atoms with E-state index in [0.717, 1.165) is 18.4 Å². The zero-order chi connectivity index (χ0) is 16.9. The molecule has 1 N–H and O–H groups in total. The van der Waals surface area contributed by atoms with Crippen molar-refractivity contribution in [1.29, 1.82) is 0 Å². The van der Waals surface area contributed by atoms with Crippen LogP contribution in [-0.4, -0.2) is 31.8 Å². The highest BCUT2D eigenvalue weighted by Gasteiger charge is 2.18. The number of nitrogens with zero attached hydrogens (tertiary/aromatic N) is 4. The van der Waals surface area contributed by atoms with Gasteiger partial charge in [-0.2, -0.15) is 0 Å². The molecular weight excluding hydrogens is 306 g/mol. The van der Waals surface area contributed by atoms with E-state index in [-0.39, 0.29) is 11.6 Å². The summed E-state index contributed by atoms with van der Waals surface area (Å²) in [6.07, 6.45) is 8.73. The third-order valence-corrected chi connectivity index (χ3v) is 4.56. The van der Waals surface area contributed by atoms with Gasteiger partial charge in [-0.25, -0.2) is 9.48 Å². The first-order valence-electron chi connectivity index (χ1n) is 8.46. The Kier molecular flexibility index (Phi) is 5.08. The fourth-order valence-corrected chi connectivity index (χ4v) is 3.23. The molecule has 0 spiro atoms. The number of carbonyl (C=O) groups is 1. The molecule has 128 valence electrons. The summed E-state index contributed by atoms with van der Waals surface area (Å²) in [6.45, 7) is 0.776. The number of amides is 1. The number of hydrogen-bond acceptors (Lipinski definition) is 4. The van der Waals surface area contributed by atoms with Gasteiger partial charge in [0, 0.05) is 38.0 Å². The van der Waals surface area contributed by atoms with Crippen molar-refractivity contribution in [1.82, 2.24) is 24.6 Å². The quantitative estimate of drug-likeness (QED) is 0.867. The summed E-state index contributed by atoms with van der Waals surface area (Å²) in [5, 5.41) is 7.25. The van der Waals surface area contributed by atoms with Crippen LogP contribution in [0.2, 0.25) is 0 Å². The molecule has 0 aliphatic heterocycles. The summed E-state index contributed by atoms with van der Waals surface area (Å²) in [6, 6.07) is 3.67. The number of pyridine rings is 1. The van der Waals surface area contributed by atoms with Crippen molar-refractivity contribution in [2.45, 2.75) is 38.6 Å². The Balaban J connectivity index is 1.57. The van der Waals surface area contributed by atoms with Crippen molar-refractivity contribution in [3.63, 3.8) is 0 Å². The van der Waals surface area contributed by atoms with Crippen molar-refractivity contribution in [3.05, 3.63) is 35.0 Å². The first-order valence-corrected chi connectivity index (χ1v) is 8.46. The van der Waals surface area contributed by atoms with Crippen LogP contribution in [0.1, 0.15) is 32.1 Å². The van der Waals surface area contributed by atoms with Gasteiger partial charge >= 0.3 is 5.69 Å². The molecule has 2 aromatic rings. The molecule has 0 unspecified atom stereocenters. The number of aromatic nitrogens is 4. The molecule has 0 atom stereocenters. The summed E-state index contributed by atoms with van der Waals surface area (Å²) in [5.41, 5.74) is 0.597. The fourth-order valence-electron chi connectivity index (χ4n) is 3.23. The van der Waals surface area contributed by atoms with Crippen LogP contribution in [0.15, 0.2) is 29.3 Å². The molecule has 1 aliphatic rings. The minimum Gasteiger partial charge on any atom is -0.354 e. The average Bonchev–Trinajstić information content (AvgIpc) is 3.19. The van der Waals surface area contributed by atoms with E-state index < -0.39 is 0 Å². The molecule has 0 radical (unpaired) electrons. The van der Waals surface area contributed by atoms with E-state index in [1.165, 1.54) is 22.1 Å². The predicted octanol–water partition coefficient (Wildman–Crippen LogP) is 1.34. The lowest BCUT2D eigenvalue weighted by atomic mass is 10.0. The molecule has 1 saturated carbocycles. The summed E-state index contributed by atoms with van der Waals surface area (Å²) in [7, 11) is 1.69. The topological polar surface area (TPSA) is 81.8 Å². The van der Waals surface area contributed by atoms with E-state index >= 15 is 0 Å². The number of carbonyl (C=O) groups excluding carboxylic acids is 1. The standard InChI is InChI=1S/C17H23N5O2/c1-21-16(14-7-4-8-18-12-14)20-22(17(21)24)10-9-19-15(23)11-13-5-2-3-6-13/h4,7-8,12-13H,2-3,5-6,9-11H2,1H3,(H,19,23). The van der Waals surface area contributed by atoms with Gasteiger partial charge in [-0.1, -0.05) is 12.8 Å². The molecule has 3 rings (SSSR count). The van der Waals surface area contributed by atoms with E-state index in [4.69, 9.17) is 0 Å². The SMILES string of the molecule is Cn1c(-c2cccnc2)nn(CCNC(=O)CC2CCCC2)c1=O. The Bertz CT molecular complexity index is 744. The Morgan fingerprint density at radius 1 is 1.38 bits per heavy atom. The minimum absolute atomic E-state index is 0.0679. The Hall–Kier alpha value is -2.44. The van der Waals surface area contributed by atoms with Crippen LogP contribution in [0.3, 0.4) is 0 Å². The van der Waals surface area contributed by atoms with Crippen LogP contribution in [-0.2, 0) is 18.4 Å². The minimum atomic E-state index is -0.195. The molecule has 1 fully saturated rings. The molecule has 0 bridgehead atoms. The van der Waals surface area contributed by atoms with Gasteiger partial charge in [0.05, 0.1) is 6.54 Å². The van der Waals surface area contributed by atoms with Gasteiger partial charge in [0.2, 0.25) is 5.91 Å². The third kappa shape index (κ3) is 3.72. The van der Waals surface area contributed by atoms with Crippen molar-refractivity contribution in [2.24, 2.45) is 13.0 Å². The molecule has 2 aromatic heterocycles. The highest BCUT2D eigenvalue weighted by molar-refractivity contribution is 5.76. The summed E-state index contributed by atoms with van der Waals surface area (Å²) < 4.78 is 2.88. The monoisotopic (exact) mass is 329 g/mol. The van der Waals surface area contributed by atoms with Crippen LogP contribution in [0.4, 0.5) is 0 Å². The Labute approximate surface area is 140 Å². The summed E-state index contributed by atoms with van der Waals surface area (Å²) in [4.78, 5) is 28.2. The van der Waals surface area contributed by atoms with Crippen molar-refractivity contribution in [3.8, 4) is 11.4 Å². The largest absolute Gasteiger partial charge is 0.354 e. The molecule has 24 heavy (non-hydrogen) atoms. The van der Waals surface area contributed by atoms with Gasteiger partial charge < -0.3 is 5.32 Å². The number of hydrogen-bond donors (Lipinski definition) is 1. The Morgan fingerprint density at radius 3 is 2.88 bits per heavy atom. The van der Waals surface area contributed by atoms with Crippen LogP contribution < -0.4 is 11.0 Å². The van der Waals surface area contributed by atoms with E-state index in [0.29, 0.717) is 31.3 Å². The van der Waals surface area contributed by atoms with Gasteiger partial charge in [-0.05, 0) is 30.9 Å². The average molecular weight is 329 g/mol. The zero-order valence-corrected chi connectivity index (χ0v) is 13.9.